The van der Waals surface area contributed by atoms with Crippen LogP contribution in [0.25, 0.3) is 0 Å². The molecule has 5 nitrogen and oxygen atoms in total. The third kappa shape index (κ3) is 4.41. The second-order valence-corrected chi connectivity index (χ2v) is 7.06. The van der Waals surface area contributed by atoms with E-state index in [1.807, 2.05) is 19.2 Å². The second kappa shape index (κ2) is 7.22. The molecule has 1 aromatic rings. The van der Waals surface area contributed by atoms with E-state index >= 15 is 0 Å². The lowest BCUT2D eigenvalue weighted by molar-refractivity contribution is 0.0545. The van der Waals surface area contributed by atoms with Crippen LogP contribution < -0.4 is 10.6 Å². The van der Waals surface area contributed by atoms with E-state index in [9.17, 15) is 4.79 Å². The molecule has 0 radical (unpaired) electrons. The molecule has 2 heterocycles. The largest absolute Gasteiger partial charge is 0.378 e. The first-order valence-corrected chi connectivity index (χ1v) is 8.43. The van der Waals surface area contributed by atoms with Crippen LogP contribution in [-0.2, 0) is 4.74 Å². The molecule has 0 bridgehead atoms. The Kier molecular flexibility index (Phi) is 5.58. The van der Waals surface area contributed by atoms with Gasteiger partial charge in [-0.05, 0) is 26.2 Å². The quantitative estimate of drug-likeness (QED) is 0.879. The number of hydrogen-bond donors (Lipinski definition) is 2. The fourth-order valence-electron chi connectivity index (χ4n) is 2.74. The summed E-state index contributed by atoms with van der Waals surface area (Å²) in [5.41, 5.74) is 0.914. The van der Waals surface area contributed by atoms with Gasteiger partial charge in [0.05, 0.1) is 22.8 Å². The number of aromatic nitrogens is 1. The highest BCUT2D eigenvalue weighted by molar-refractivity contribution is 7.09. The number of nitrogens with zero attached hydrogens (tertiary/aromatic N) is 1. The molecule has 1 aliphatic heterocycles. The van der Waals surface area contributed by atoms with Crippen molar-refractivity contribution in [1.29, 1.82) is 0 Å². The molecule has 1 aliphatic rings. The Hall–Kier alpha value is -1.14. The molecule has 0 unspecified atom stereocenters. The average molecular weight is 311 g/mol. The molecule has 1 fully saturated rings. The minimum Gasteiger partial charge on any atom is -0.378 e. The van der Waals surface area contributed by atoms with E-state index < -0.39 is 0 Å². The van der Waals surface area contributed by atoms with Gasteiger partial charge in [-0.3, -0.25) is 0 Å². The van der Waals surface area contributed by atoms with Crippen LogP contribution in [0.2, 0.25) is 0 Å². The Labute approximate surface area is 130 Å². The van der Waals surface area contributed by atoms with Gasteiger partial charge in [0.1, 0.15) is 0 Å². The molecule has 21 heavy (non-hydrogen) atoms. The number of aryl methyl sites for hydroxylation is 1. The first-order chi connectivity index (χ1) is 9.97. The molecule has 118 valence electrons. The van der Waals surface area contributed by atoms with Crippen LogP contribution in [0.15, 0.2) is 5.38 Å². The van der Waals surface area contributed by atoms with E-state index in [1.54, 1.807) is 11.3 Å². The highest BCUT2D eigenvalue weighted by Gasteiger charge is 2.30. The molecule has 6 heteroatoms. The first-order valence-electron chi connectivity index (χ1n) is 7.55. The molecule has 0 saturated carbocycles. The molecule has 1 aromatic heterocycles. The van der Waals surface area contributed by atoms with Crippen LogP contribution in [0.3, 0.4) is 0 Å². The standard InChI is InChI=1S/C15H25N3O2S/c1-9(2)14-12(5-6-20-14)7-16-15(19)17-10(3)13-8-21-11(4)18-13/h8-10,12,14H,5-7H2,1-4H3,(H2,16,17,19)/t10-,12+,14-/m0/s1. The lowest BCUT2D eigenvalue weighted by Crippen LogP contribution is -2.41. The zero-order valence-corrected chi connectivity index (χ0v) is 14.0. The summed E-state index contributed by atoms with van der Waals surface area (Å²) in [5, 5.41) is 8.90. The van der Waals surface area contributed by atoms with Crippen LogP contribution in [-0.4, -0.2) is 30.3 Å². The molecule has 2 N–H and O–H groups in total. The van der Waals surface area contributed by atoms with Crippen LogP contribution in [0, 0.1) is 18.8 Å². The zero-order valence-electron chi connectivity index (χ0n) is 13.2. The average Bonchev–Trinajstić information content (AvgIpc) is 3.04. The van der Waals surface area contributed by atoms with Crippen molar-refractivity contribution >= 4 is 17.4 Å². The van der Waals surface area contributed by atoms with Crippen molar-refractivity contribution in [2.75, 3.05) is 13.2 Å². The topological polar surface area (TPSA) is 63.2 Å². The van der Waals surface area contributed by atoms with Gasteiger partial charge in [0, 0.05) is 24.4 Å². The summed E-state index contributed by atoms with van der Waals surface area (Å²) in [6.07, 6.45) is 1.27. The highest BCUT2D eigenvalue weighted by atomic mass is 32.1. The van der Waals surface area contributed by atoms with Gasteiger partial charge in [0.2, 0.25) is 0 Å². The Morgan fingerprint density at radius 3 is 2.90 bits per heavy atom. The Bertz CT molecular complexity index is 475. The van der Waals surface area contributed by atoms with Gasteiger partial charge in [0.15, 0.2) is 0 Å². The van der Waals surface area contributed by atoms with Gasteiger partial charge in [-0.2, -0.15) is 0 Å². The molecule has 1 saturated heterocycles. The van der Waals surface area contributed by atoms with Crippen LogP contribution in [0.5, 0.6) is 0 Å². The van der Waals surface area contributed by atoms with Crippen molar-refractivity contribution in [3.8, 4) is 0 Å². The lowest BCUT2D eigenvalue weighted by atomic mass is 9.93. The Balaban J connectivity index is 1.77. The van der Waals surface area contributed by atoms with Gasteiger partial charge >= 0.3 is 6.03 Å². The number of thiazole rings is 1. The summed E-state index contributed by atoms with van der Waals surface area (Å²) in [7, 11) is 0. The number of urea groups is 1. The van der Waals surface area contributed by atoms with Crippen molar-refractivity contribution in [1.82, 2.24) is 15.6 Å². The molecular weight excluding hydrogens is 286 g/mol. The maximum atomic E-state index is 12.0. The third-order valence-corrected chi connectivity index (χ3v) is 4.67. The molecule has 3 atom stereocenters. The van der Waals surface area contributed by atoms with Gasteiger partial charge in [-0.15, -0.1) is 11.3 Å². The highest BCUT2D eigenvalue weighted by Crippen LogP contribution is 2.26. The molecule has 0 aromatic carbocycles. The van der Waals surface area contributed by atoms with Gasteiger partial charge in [-0.25, -0.2) is 9.78 Å². The number of ether oxygens (including phenoxy) is 1. The van der Waals surface area contributed by atoms with Crippen molar-refractivity contribution < 1.29 is 9.53 Å². The number of nitrogens with one attached hydrogen (secondary N) is 2. The second-order valence-electron chi connectivity index (χ2n) is 6.00. The monoisotopic (exact) mass is 311 g/mol. The summed E-state index contributed by atoms with van der Waals surface area (Å²) in [6, 6.07) is -0.210. The number of carbonyl (C=O) groups is 1. The molecular formula is C15H25N3O2S. The number of rotatable bonds is 5. The minimum atomic E-state index is -0.137. The summed E-state index contributed by atoms with van der Waals surface area (Å²) >= 11 is 1.60. The van der Waals surface area contributed by atoms with E-state index in [-0.39, 0.29) is 18.2 Å². The molecule has 0 aliphatic carbocycles. The normalized spacial score (nSPS) is 23.3. The summed E-state index contributed by atoms with van der Waals surface area (Å²) < 4.78 is 5.73. The molecule has 2 rings (SSSR count). The Morgan fingerprint density at radius 2 is 2.29 bits per heavy atom. The van der Waals surface area contributed by atoms with Crippen LogP contribution >= 0.6 is 11.3 Å². The predicted octanol–water partition coefficient (Wildman–Crippen LogP) is 2.87. The van der Waals surface area contributed by atoms with Crippen molar-refractivity contribution in [2.24, 2.45) is 11.8 Å². The van der Waals surface area contributed by atoms with Gasteiger partial charge in [0.25, 0.3) is 0 Å². The number of amides is 2. The zero-order chi connectivity index (χ0) is 15.4. The van der Waals surface area contributed by atoms with Crippen molar-refractivity contribution in [3.63, 3.8) is 0 Å². The summed E-state index contributed by atoms with van der Waals surface area (Å²) in [6.45, 7) is 9.70. The molecule has 0 spiro atoms. The maximum Gasteiger partial charge on any atom is 0.315 e. The fourth-order valence-corrected chi connectivity index (χ4v) is 3.44. The van der Waals surface area contributed by atoms with E-state index in [0.29, 0.717) is 18.4 Å². The van der Waals surface area contributed by atoms with Crippen LogP contribution in [0.4, 0.5) is 4.79 Å². The lowest BCUT2D eigenvalue weighted by Gasteiger charge is -2.22. The fraction of sp³-hybridized carbons (Fsp3) is 0.733. The SMILES string of the molecule is Cc1nc([C@H](C)NC(=O)NC[C@H]2CCO[C@H]2C(C)C)cs1. The van der Waals surface area contributed by atoms with E-state index in [0.717, 1.165) is 23.7 Å². The van der Waals surface area contributed by atoms with E-state index in [2.05, 4.69) is 29.5 Å². The summed E-state index contributed by atoms with van der Waals surface area (Å²) in [5.74, 6) is 0.895. The van der Waals surface area contributed by atoms with E-state index in [1.165, 1.54) is 0 Å². The van der Waals surface area contributed by atoms with E-state index in [4.69, 9.17) is 4.74 Å². The number of hydrogen-bond acceptors (Lipinski definition) is 4. The van der Waals surface area contributed by atoms with Gasteiger partial charge in [-0.1, -0.05) is 13.8 Å². The Morgan fingerprint density at radius 1 is 1.52 bits per heavy atom. The third-order valence-electron chi connectivity index (χ3n) is 3.87. The first kappa shape index (κ1) is 16.2. The van der Waals surface area contributed by atoms with Crippen molar-refractivity contribution in [2.45, 2.75) is 46.3 Å². The number of carbonyl (C=O) groups excluding carboxylic acids is 1. The van der Waals surface area contributed by atoms with Crippen LogP contribution in [0.1, 0.15) is 43.9 Å². The van der Waals surface area contributed by atoms with Crippen molar-refractivity contribution in [3.05, 3.63) is 16.1 Å². The predicted molar refractivity (Wildman–Crippen MR) is 84.5 cm³/mol. The maximum absolute atomic E-state index is 12.0. The molecule has 2 amide bonds. The smallest absolute Gasteiger partial charge is 0.315 e. The summed E-state index contributed by atoms with van der Waals surface area (Å²) in [4.78, 5) is 16.4. The van der Waals surface area contributed by atoms with Gasteiger partial charge < -0.3 is 15.4 Å². The minimum absolute atomic E-state index is 0.0735.